The van der Waals surface area contributed by atoms with Gasteiger partial charge in [0.1, 0.15) is 12.4 Å². The molecule has 1 fully saturated rings. The minimum absolute atomic E-state index is 0.0872. The predicted octanol–water partition coefficient (Wildman–Crippen LogP) is 2.67. The molecule has 16 heavy (non-hydrogen) atoms. The Hall–Kier alpha value is -0.930. The van der Waals surface area contributed by atoms with Crippen LogP contribution in [0.1, 0.15) is 6.42 Å². The molecule has 1 aromatic carbocycles. The molecule has 1 N–H and O–H groups in total. The van der Waals surface area contributed by atoms with Crippen molar-refractivity contribution in [3.05, 3.63) is 30.9 Å². The van der Waals surface area contributed by atoms with Gasteiger partial charge in [-0.15, -0.1) is 11.6 Å². The van der Waals surface area contributed by atoms with Crippen LogP contribution in [0.3, 0.4) is 0 Å². The summed E-state index contributed by atoms with van der Waals surface area (Å²) in [6.45, 7) is 2.41. The number of halogens is 1. The number of hydrogen-bond acceptors (Lipinski definition) is 3. The second kappa shape index (κ2) is 5.41. The Kier molecular flexibility index (Phi) is 3.91. The average Bonchev–Trinajstić information content (AvgIpc) is 2.33. The quantitative estimate of drug-likeness (QED) is 0.824. The number of benzene rings is 1. The summed E-state index contributed by atoms with van der Waals surface area (Å²) < 4.78 is 10.3. The van der Waals surface area contributed by atoms with Crippen LogP contribution in [-0.2, 0) is 4.74 Å². The van der Waals surface area contributed by atoms with Gasteiger partial charge in [-0.1, -0.05) is 0 Å². The lowest BCUT2D eigenvalue weighted by Gasteiger charge is -2.28. The summed E-state index contributed by atoms with van der Waals surface area (Å²) in [4.78, 5) is 0. The zero-order valence-corrected chi connectivity index (χ0v) is 9.91. The number of methoxy groups -OCH3 is 1. The van der Waals surface area contributed by atoms with Gasteiger partial charge in [0.25, 0.3) is 0 Å². The first-order valence-electron chi connectivity index (χ1n) is 5.29. The third-order valence-electron chi connectivity index (χ3n) is 2.60. The number of hydrogen-bond donors (Lipinski definition) is 1. The van der Waals surface area contributed by atoms with Crippen LogP contribution in [0.2, 0.25) is 0 Å². The predicted molar refractivity (Wildman–Crippen MR) is 64.9 cm³/mol. The molecule has 1 heterocycles. The fourth-order valence-electron chi connectivity index (χ4n) is 1.66. The molecule has 1 aromatic rings. The van der Waals surface area contributed by atoms with Crippen molar-refractivity contribution in [1.29, 1.82) is 0 Å². The van der Waals surface area contributed by atoms with Crippen LogP contribution in [0.4, 0.5) is 5.69 Å². The third kappa shape index (κ3) is 2.80. The van der Waals surface area contributed by atoms with Gasteiger partial charge < -0.3 is 14.8 Å². The molecule has 1 radical (unpaired) electrons. The second-order valence-electron chi connectivity index (χ2n) is 3.72. The van der Waals surface area contributed by atoms with E-state index in [4.69, 9.17) is 21.1 Å². The number of alkyl halides is 1. The van der Waals surface area contributed by atoms with Crippen LogP contribution >= 0.6 is 11.6 Å². The SMILES string of the molecule is COc1ccc(NC2CCO[CH]C2Cl)cc1. The molecule has 4 heteroatoms. The lowest BCUT2D eigenvalue weighted by Crippen LogP contribution is -2.35. The zero-order valence-electron chi connectivity index (χ0n) is 9.15. The first-order chi connectivity index (χ1) is 7.79. The fourth-order valence-corrected chi connectivity index (χ4v) is 1.92. The maximum Gasteiger partial charge on any atom is 0.119 e. The van der Waals surface area contributed by atoms with Crippen LogP contribution < -0.4 is 10.1 Å². The van der Waals surface area contributed by atoms with E-state index < -0.39 is 0 Å². The first kappa shape index (κ1) is 11.6. The molecule has 3 nitrogen and oxygen atoms in total. The molecule has 87 valence electrons. The van der Waals surface area contributed by atoms with Crippen molar-refractivity contribution in [2.45, 2.75) is 17.8 Å². The second-order valence-corrected chi connectivity index (χ2v) is 4.22. The molecule has 2 atom stereocenters. The molecule has 1 aliphatic heterocycles. The summed E-state index contributed by atoms with van der Waals surface area (Å²) in [6, 6.07) is 8.04. The molecule has 0 amide bonds. The van der Waals surface area contributed by atoms with Gasteiger partial charge in [-0.05, 0) is 30.7 Å². The van der Waals surface area contributed by atoms with Crippen LogP contribution in [0.25, 0.3) is 0 Å². The molecule has 0 saturated carbocycles. The highest BCUT2D eigenvalue weighted by atomic mass is 35.5. The summed E-state index contributed by atoms with van der Waals surface area (Å²) in [7, 11) is 1.66. The van der Waals surface area contributed by atoms with Gasteiger partial charge in [-0.25, -0.2) is 0 Å². The largest absolute Gasteiger partial charge is 0.497 e. The highest BCUT2D eigenvalue weighted by Gasteiger charge is 2.23. The minimum Gasteiger partial charge on any atom is -0.497 e. The molecular formula is C12H15ClNO2. The van der Waals surface area contributed by atoms with E-state index in [1.54, 1.807) is 13.7 Å². The fraction of sp³-hybridized carbons (Fsp3) is 0.417. The molecule has 0 aliphatic carbocycles. The van der Waals surface area contributed by atoms with E-state index in [0.29, 0.717) is 0 Å². The van der Waals surface area contributed by atoms with Gasteiger partial charge in [0.15, 0.2) is 0 Å². The van der Waals surface area contributed by atoms with E-state index in [-0.39, 0.29) is 11.4 Å². The van der Waals surface area contributed by atoms with E-state index in [9.17, 15) is 0 Å². The Balaban J connectivity index is 1.96. The van der Waals surface area contributed by atoms with Crippen LogP contribution in [0, 0.1) is 6.61 Å². The van der Waals surface area contributed by atoms with Gasteiger partial charge in [0.2, 0.25) is 0 Å². The topological polar surface area (TPSA) is 30.5 Å². The van der Waals surface area contributed by atoms with Crippen molar-refractivity contribution in [3.63, 3.8) is 0 Å². The van der Waals surface area contributed by atoms with Gasteiger partial charge in [-0.3, -0.25) is 0 Å². The monoisotopic (exact) mass is 240 g/mol. The van der Waals surface area contributed by atoms with Crippen molar-refractivity contribution < 1.29 is 9.47 Å². The molecule has 2 rings (SSSR count). The van der Waals surface area contributed by atoms with Crippen LogP contribution in [0.15, 0.2) is 24.3 Å². The van der Waals surface area contributed by atoms with Crippen molar-refractivity contribution in [1.82, 2.24) is 0 Å². The molecule has 1 saturated heterocycles. The summed E-state index contributed by atoms with van der Waals surface area (Å²) in [6.07, 6.45) is 0.913. The molecule has 0 aromatic heterocycles. The van der Waals surface area contributed by atoms with Crippen molar-refractivity contribution >= 4 is 17.3 Å². The minimum atomic E-state index is -0.0872. The maximum atomic E-state index is 6.12. The van der Waals surface area contributed by atoms with Crippen LogP contribution in [-0.4, -0.2) is 25.1 Å². The summed E-state index contributed by atoms with van der Waals surface area (Å²) in [5.41, 5.74) is 1.05. The van der Waals surface area contributed by atoms with Crippen molar-refractivity contribution in [2.24, 2.45) is 0 Å². The van der Waals surface area contributed by atoms with Gasteiger partial charge in [0.05, 0.1) is 12.5 Å². The first-order valence-corrected chi connectivity index (χ1v) is 5.73. The van der Waals surface area contributed by atoms with Crippen molar-refractivity contribution in [2.75, 3.05) is 19.0 Å². The number of nitrogens with one attached hydrogen (secondary N) is 1. The Morgan fingerprint density at radius 3 is 2.75 bits per heavy atom. The van der Waals surface area contributed by atoms with Crippen LogP contribution in [0.5, 0.6) is 5.75 Å². The molecule has 0 spiro atoms. The number of rotatable bonds is 3. The summed E-state index contributed by atoms with van der Waals surface area (Å²) in [5.74, 6) is 0.853. The van der Waals surface area contributed by atoms with E-state index in [0.717, 1.165) is 24.5 Å². The molecule has 0 bridgehead atoms. The molecule has 2 unspecified atom stereocenters. The highest BCUT2D eigenvalue weighted by Crippen LogP contribution is 2.22. The Labute approximate surface area is 101 Å². The number of anilines is 1. The lowest BCUT2D eigenvalue weighted by molar-refractivity contribution is 0.151. The zero-order chi connectivity index (χ0) is 11.4. The summed E-state index contributed by atoms with van der Waals surface area (Å²) in [5, 5.41) is 3.30. The van der Waals surface area contributed by atoms with E-state index in [1.807, 2.05) is 24.3 Å². The van der Waals surface area contributed by atoms with E-state index in [1.165, 1.54) is 0 Å². The van der Waals surface area contributed by atoms with Gasteiger partial charge in [-0.2, -0.15) is 0 Å². The number of ether oxygens (including phenoxy) is 2. The van der Waals surface area contributed by atoms with E-state index in [2.05, 4.69) is 5.32 Å². The third-order valence-corrected chi connectivity index (χ3v) is 3.01. The van der Waals surface area contributed by atoms with Crippen molar-refractivity contribution in [3.8, 4) is 5.75 Å². The average molecular weight is 241 g/mol. The highest BCUT2D eigenvalue weighted by molar-refractivity contribution is 6.22. The van der Waals surface area contributed by atoms with Gasteiger partial charge >= 0.3 is 0 Å². The lowest BCUT2D eigenvalue weighted by atomic mass is 10.1. The Morgan fingerprint density at radius 2 is 2.12 bits per heavy atom. The molecule has 1 aliphatic rings. The van der Waals surface area contributed by atoms with Gasteiger partial charge in [0, 0.05) is 18.3 Å². The Morgan fingerprint density at radius 1 is 1.38 bits per heavy atom. The summed E-state index contributed by atoms with van der Waals surface area (Å²) >= 11 is 6.12. The smallest absolute Gasteiger partial charge is 0.119 e. The maximum absolute atomic E-state index is 6.12. The van der Waals surface area contributed by atoms with E-state index >= 15 is 0 Å². The standard InChI is InChI=1S/C12H15ClNO2/c1-15-10-4-2-9(3-5-10)14-12-6-7-16-8-11(12)13/h2-5,8,11-12,14H,6-7H2,1H3. The normalized spacial score (nSPS) is 25.1. The molecular weight excluding hydrogens is 226 g/mol. The Bertz CT molecular complexity index is 328.